The average molecular weight is 266 g/mol. The smallest absolute Gasteiger partial charge is 0.372 e. The van der Waals surface area contributed by atoms with E-state index in [0.717, 1.165) is 0 Å². The number of carboxylic acid groups (broad SMARTS) is 1. The molecule has 0 aromatic heterocycles. The third-order valence-corrected chi connectivity index (χ3v) is 2.27. The highest BCUT2D eigenvalue weighted by molar-refractivity contribution is 6.33. The first kappa shape index (κ1) is 15.0. The first-order chi connectivity index (χ1) is 8.93. The summed E-state index contributed by atoms with van der Waals surface area (Å²) in [7, 11) is 0. The molecule has 0 fully saturated rings. The summed E-state index contributed by atoms with van der Waals surface area (Å²) >= 11 is 0. The quantitative estimate of drug-likeness (QED) is 0.765. The van der Waals surface area contributed by atoms with Gasteiger partial charge in [0.15, 0.2) is 11.5 Å². The van der Waals surface area contributed by atoms with Crippen LogP contribution in [0.1, 0.15) is 26.3 Å². The van der Waals surface area contributed by atoms with Gasteiger partial charge in [-0.15, -0.1) is 0 Å². The fraction of sp³-hybridized carbons (Fsp3) is 0.429. The van der Waals surface area contributed by atoms with Gasteiger partial charge in [-0.05, 0) is 38.5 Å². The van der Waals surface area contributed by atoms with Crippen LogP contribution in [-0.2, 0) is 16.0 Å². The summed E-state index contributed by atoms with van der Waals surface area (Å²) in [6.07, 6.45) is -0.150. The second kappa shape index (κ2) is 6.78. The Bertz CT molecular complexity index is 465. The summed E-state index contributed by atoms with van der Waals surface area (Å²) in [4.78, 5) is 21.7. The van der Waals surface area contributed by atoms with Crippen LogP contribution in [0.4, 0.5) is 0 Å². The highest BCUT2D eigenvalue weighted by Gasteiger charge is 2.14. The number of ketones is 1. The van der Waals surface area contributed by atoms with Gasteiger partial charge in [0.1, 0.15) is 0 Å². The molecule has 5 heteroatoms. The minimum absolute atomic E-state index is 0.00528. The molecule has 5 nitrogen and oxygen atoms in total. The summed E-state index contributed by atoms with van der Waals surface area (Å²) < 4.78 is 11.0. The van der Waals surface area contributed by atoms with Crippen LogP contribution in [0.5, 0.6) is 11.5 Å². The predicted octanol–water partition coefficient (Wildman–Crippen LogP) is 2.07. The highest BCUT2D eigenvalue weighted by Crippen LogP contribution is 2.29. The third-order valence-electron chi connectivity index (χ3n) is 2.27. The molecular formula is C14H18O5. The molecule has 0 radical (unpaired) electrons. The molecule has 1 rings (SSSR count). The van der Waals surface area contributed by atoms with Crippen LogP contribution < -0.4 is 9.47 Å². The van der Waals surface area contributed by atoms with Crippen molar-refractivity contribution in [1.29, 1.82) is 0 Å². The van der Waals surface area contributed by atoms with Crippen molar-refractivity contribution in [2.45, 2.75) is 33.3 Å². The minimum atomic E-state index is -1.43. The van der Waals surface area contributed by atoms with E-state index in [0.29, 0.717) is 23.7 Å². The molecule has 0 amide bonds. The SMILES string of the molecule is CCOc1cc(CC(=O)C(=O)O)ccc1OC(C)C. The number of ether oxygens (including phenoxy) is 2. The molecule has 0 aliphatic heterocycles. The Morgan fingerprint density at radius 1 is 1.26 bits per heavy atom. The summed E-state index contributed by atoms with van der Waals surface area (Å²) in [5.41, 5.74) is 0.590. The van der Waals surface area contributed by atoms with E-state index in [-0.39, 0.29) is 12.5 Å². The number of rotatable bonds is 7. The Balaban J connectivity index is 2.94. The van der Waals surface area contributed by atoms with Gasteiger partial charge in [0.2, 0.25) is 5.78 Å². The van der Waals surface area contributed by atoms with Crippen LogP contribution >= 0.6 is 0 Å². The number of carboxylic acids is 1. The Hall–Kier alpha value is -2.04. The number of carbonyl (C=O) groups is 2. The number of Topliss-reactive ketones (excluding diaryl/α,β-unsaturated/α-hetero) is 1. The molecule has 0 spiro atoms. The van der Waals surface area contributed by atoms with Crippen molar-refractivity contribution in [2.24, 2.45) is 0 Å². The van der Waals surface area contributed by atoms with E-state index in [4.69, 9.17) is 14.6 Å². The van der Waals surface area contributed by atoms with E-state index in [2.05, 4.69) is 0 Å². The molecule has 0 aliphatic carbocycles. The Kier molecular flexibility index (Phi) is 5.36. The number of aliphatic carboxylic acids is 1. The molecule has 1 aromatic carbocycles. The predicted molar refractivity (Wildman–Crippen MR) is 69.7 cm³/mol. The fourth-order valence-electron chi connectivity index (χ4n) is 1.54. The first-order valence-corrected chi connectivity index (χ1v) is 6.12. The minimum Gasteiger partial charge on any atom is -0.490 e. The Labute approximate surface area is 112 Å². The lowest BCUT2D eigenvalue weighted by molar-refractivity contribution is -0.148. The maximum atomic E-state index is 11.2. The fourth-order valence-corrected chi connectivity index (χ4v) is 1.54. The lowest BCUT2D eigenvalue weighted by Gasteiger charge is -2.15. The zero-order valence-electron chi connectivity index (χ0n) is 11.3. The van der Waals surface area contributed by atoms with Gasteiger partial charge >= 0.3 is 5.97 Å². The summed E-state index contributed by atoms with van der Waals surface area (Å²) in [5, 5.41) is 8.58. The molecule has 104 valence electrons. The number of hydrogen-bond acceptors (Lipinski definition) is 4. The summed E-state index contributed by atoms with van der Waals surface area (Å²) in [5.74, 6) is -1.17. The van der Waals surface area contributed by atoms with Crippen molar-refractivity contribution in [3.63, 3.8) is 0 Å². The Morgan fingerprint density at radius 3 is 2.47 bits per heavy atom. The van der Waals surface area contributed by atoms with Gasteiger partial charge < -0.3 is 14.6 Å². The molecule has 0 bridgehead atoms. The van der Waals surface area contributed by atoms with Crippen molar-refractivity contribution in [2.75, 3.05) is 6.61 Å². The zero-order chi connectivity index (χ0) is 14.4. The van der Waals surface area contributed by atoms with Crippen LogP contribution in [0, 0.1) is 0 Å². The van der Waals surface area contributed by atoms with Gasteiger partial charge in [-0.2, -0.15) is 0 Å². The zero-order valence-corrected chi connectivity index (χ0v) is 11.3. The molecule has 0 saturated carbocycles. The Morgan fingerprint density at radius 2 is 1.95 bits per heavy atom. The number of hydrogen-bond donors (Lipinski definition) is 1. The highest BCUT2D eigenvalue weighted by atomic mass is 16.5. The molecule has 1 aromatic rings. The molecule has 0 unspecified atom stereocenters. The molecule has 0 heterocycles. The van der Waals surface area contributed by atoms with Gasteiger partial charge in [0.25, 0.3) is 0 Å². The third kappa shape index (κ3) is 4.62. The van der Waals surface area contributed by atoms with E-state index in [1.165, 1.54) is 0 Å². The van der Waals surface area contributed by atoms with Crippen LogP contribution in [0.15, 0.2) is 18.2 Å². The first-order valence-electron chi connectivity index (χ1n) is 6.12. The van der Waals surface area contributed by atoms with Crippen molar-refractivity contribution in [3.05, 3.63) is 23.8 Å². The molecule has 0 aliphatic rings. The lowest BCUT2D eigenvalue weighted by Crippen LogP contribution is -2.15. The molecule has 0 saturated heterocycles. The lowest BCUT2D eigenvalue weighted by atomic mass is 10.1. The van der Waals surface area contributed by atoms with Crippen molar-refractivity contribution in [3.8, 4) is 11.5 Å². The van der Waals surface area contributed by atoms with Crippen LogP contribution in [0.25, 0.3) is 0 Å². The second-order valence-corrected chi connectivity index (χ2v) is 4.29. The van der Waals surface area contributed by atoms with Crippen LogP contribution in [0.3, 0.4) is 0 Å². The normalized spacial score (nSPS) is 10.3. The van der Waals surface area contributed by atoms with E-state index in [9.17, 15) is 9.59 Å². The molecule has 19 heavy (non-hydrogen) atoms. The number of carbonyl (C=O) groups excluding carboxylic acids is 1. The largest absolute Gasteiger partial charge is 0.490 e. The van der Waals surface area contributed by atoms with E-state index in [1.54, 1.807) is 18.2 Å². The monoisotopic (exact) mass is 266 g/mol. The molecule has 0 atom stereocenters. The van der Waals surface area contributed by atoms with E-state index < -0.39 is 11.8 Å². The average Bonchev–Trinajstić information content (AvgIpc) is 2.32. The van der Waals surface area contributed by atoms with Crippen molar-refractivity contribution < 1.29 is 24.2 Å². The second-order valence-electron chi connectivity index (χ2n) is 4.29. The van der Waals surface area contributed by atoms with Crippen LogP contribution in [0.2, 0.25) is 0 Å². The maximum Gasteiger partial charge on any atom is 0.372 e. The molecular weight excluding hydrogens is 248 g/mol. The van der Waals surface area contributed by atoms with Gasteiger partial charge in [0.05, 0.1) is 12.7 Å². The van der Waals surface area contributed by atoms with E-state index in [1.807, 2.05) is 20.8 Å². The number of benzene rings is 1. The van der Waals surface area contributed by atoms with Crippen LogP contribution in [-0.4, -0.2) is 29.6 Å². The summed E-state index contributed by atoms with van der Waals surface area (Å²) in [6.45, 7) is 6.11. The topological polar surface area (TPSA) is 72.8 Å². The van der Waals surface area contributed by atoms with Gasteiger partial charge in [-0.1, -0.05) is 6.07 Å². The molecule has 1 N–H and O–H groups in total. The van der Waals surface area contributed by atoms with Gasteiger partial charge in [0, 0.05) is 6.42 Å². The standard InChI is InChI=1S/C14H18O5/c1-4-18-13-8-10(7-11(15)14(16)17)5-6-12(13)19-9(2)3/h5-6,8-9H,4,7H2,1-3H3,(H,16,17). The van der Waals surface area contributed by atoms with Gasteiger partial charge in [-0.25, -0.2) is 4.79 Å². The van der Waals surface area contributed by atoms with Gasteiger partial charge in [-0.3, -0.25) is 4.79 Å². The van der Waals surface area contributed by atoms with E-state index >= 15 is 0 Å². The van der Waals surface area contributed by atoms with Crippen molar-refractivity contribution >= 4 is 11.8 Å². The summed E-state index contributed by atoms with van der Waals surface area (Å²) in [6, 6.07) is 5.00. The van der Waals surface area contributed by atoms with Crippen molar-refractivity contribution in [1.82, 2.24) is 0 Å². The maximum absolute atomic E-state index is 11.2.